The summed E-state index contributed by atoms with van der Waals surface area (Å²) >= 11 is 0. The molecule has 76 valence electrons. The van der Waals surface area contributed by atoms with Crippen molar-refractivity contribution in [2.45, 2.75) is 18.7 Å². The molecule has 0 saturated carbocycles. The lowest BCUT2D eigenvalue weighted by atomic mass is 10.2. The van der Waals surface area contributed by atoms with E-state index >= 15 is 0 Å². The molecule has 0 amide bonds. The maximum Gasteiger partial charge on any atom is 0.185 e. The van der Waals surface area contributed by atoms with Gasteiger partial charge in [-0.25, -0.2) is 8.42 Å². The Labute approximate surface area is 83.7 Å². The van der Waals surface area contributed by atoms with E-state index in [2.05, 4.69) is 0 Å². The monoisotopic (exact) mass is 212 g/mol. The average Bonchev–Trinajstić information content (AvgIpc) is 2.02. The van der Waals surface area contributed by atoms with Crippen molar-refractivity contribution in [3.63, 3.8) is 0 Å². The lowest BCUT2D eigenvalue weighted by Gasteiger charge is -2.05. The summed E-state index contributed by atoms with van der Waals surface area (Å²) in [7, 11) is -3.43. The highest BCUT2D eigenvalue weighted by Crippen LogP contribution is 2.17. The van der Waals surface area contributed by atoms with Gasteiger partial charge in [-0.3, -0.25) is 0 Å². The van der Waals surface area contributed by atoms with E-state index in [1.165, 1.54) is 0 Å². The highest BCUT2D eigenvalue weighted by Gasteiger charge is 2.15. The van der Waals surface area contributed by atoms with Crippen molar-refractivity contribution in [2.24, 2.45) is 0 Å². The number of carbonyl (C=O) groups is 1. The molecule has 1 aromatic rings. The molecular formula is C10H12O3S. The van der Waals surface area contributed by atoms with Crippen LogP contribution >= 0.6 is 0 Å². The van der Waals surface area contributed by atoms with Crippen LogP contribution in [0.1, 0.15) is 11.1 Å². The van der Waals surface area contributed by atoms with Crippen LogP contribution in [-0.2, 0) is 14.6 Å². The van der Waals surface area contributed by atoms with Crippen LogP contribution in [0.4, 0.5) is 0 Å². The Balaban J connectivity index is 3.26. The van der Waals surface area contributed by atoms with Crippen molar-refractivity contribution in [3.05, 3.63) is 29.3 Å². The molecule has 0 fully saturated rings. The van der Waals surface area contributed by atoms with Gasteiger partial charge >= 0.3 is 0 Å². The summed E-state index contributed by atoms with van der Waals surface area (Å²) in [4.78, 5) is 10.4. The van der Waals surface area contributed by atoms with Gasteiger partial charge in [-0.05, 0) is 25.5 Å². The first-order valence-corrected chi connectivity index (χ1v) is 5.86. The van der Waals surface area contributed by atoms with E-state index in [1.54, 1.807) is 25.1 Å². The molecule has 4 heteroatoms. The topological polar surface area (TPSA) is 51.2 Å². The summed E-state index contributed by atoms with van der Waals surface area (Å²) in [6.07, 6.45) is 0.411. The van der Waals surface area contributed by atoms with Crippen LogP contribution in [0.3, 0.4) is 0 Å². The number of hydrogen-bond donors (Lipinski definition) is 0. The predicted octanol–water partition coefficient (Wildman–Crippen LogP) is 1.28. The van der Waals surface area contributed by atoms with Gasteiger partial charge in [0.15, 0.2) is 9.84 Å². The van der Waals surface area contributed by atoms with Gasteiger partial charge in [-0.15, -0.1) is 0 Å². The Hall–Kier alpha value is -1.16. The predicted molar refractivity (Wildman–Crippen MR) is 54.0 cm³/mol. The Morgan fingerprint density at radius 3 is 2.43 bits per heavy atom. The third kappa shape index (κ3) is 2.20. The van der Waals surface area contributed by atoms with Crippen molar-refractivity contribution < 1.29 is 13.2 Å². The third-order valence-electron chi connectivity index (χ3n) is 1.95. The van der Waals surface area contributed by atoms with Crippen LogP contribution in [-0.4, -0.2) is 20.5 Å². The summed E-state index contributed by atoms with van der Waals surface area (Å²) in [6.45, 7) is 3.62. The fourth-order valence-corrected chi connectivity index (χ4v) is 2.51. The highest BCUT2D eigenvalue weighted by atomic mass is 32.2. The van der Waals surface area contributed by atoms with E-state index in [0.29, 0.717) is 11.8 Å². The van der Waals surface area contributed by atoms with E-state index in [9.17, 15) is 13.2 Å². The second-order valence-electron chi connectivity index (χ2n) is 3.22. The van der Waals surface area contributed by atoms with Gasteiger partial charge < -0.3 is 4.79 Å². The van der Waals surface area contributed by atoms with Gasteiger partial charge in [0.05, 0.1) is 4.90 Å². The van der Waals surface area contributed by atoms with Crippen LogP contribution in [0.5, 0.6) is 0 Å². The molecule has 0 spiro atoms. The summed E-state index contributed by atoms with van der Waals surface area (Å²) in [5.41, 5.74) is 1.69. The Morgan fingerprint density at radius 2 is 1.93 bits per heavy atom. The molecule has 0 unspecified atom stereocenters. The average molecular weight is 212 g/mol. The number of benzene rings is 1. The van der Waals surface area contributed by atoms with Gasteiger partial charge in [0.2, 0.25) is 0 Å². The molecule has 0 aliphatic rings. The molecule has 0 aromatic heterocycles. The summed E-state index contributed by atoms with van der Waals surface area (Å²) in [5, 5.41) is 0. The van der Waals surface area contributed by atoms with Gasteiger partial charge in [-0.1, -0.05) is 17.7 Å². The van der Waals surface area contributed by atoms with E-state index in [1.807, 2.05) is 6.92 Å². The van der Waals surface area contributed by atoms with Crippen molar-refractivity contribution >= 4 is 16.1 Å². The van der Waals surface area contributed by atoms with Crippen molar-refractivity contribution in [2.75, 3.05) is 5.75 Å². The van der Waals surface area contributed by atoms with E-state index in [-0.39, 0.29) is 4.90 Å². The lowest BCUT2D eigenvalue weighted by molar-refractivity contribution is -0.105. The second kappa shape index (κ2) is 3.92. The van der Waals surface area contributed by atoms with E-state index in [0.717, 1.165) is 5.56 Å². The fraction of sp³-hybridized carbons (Fsp3) is 0.300. The van der Waals surface area contributed by atoms with Crippen LogP contribution in [0.25, 0.3) is 0 Å². The Kier molecular flexibility index (Phi) is 3.06. The van der Waals surface area contributed by atoms with Gasteiger partial charge in [-0.2, -0.15) is 0 Å². The minimum atomic E-state index is -3.43. The largest absolute Gasteiger partial charge is 0.302 e. The molecule has 0 N–H and O–H groups in total. The van der Waals surface area contributed by atoms with Gasteiger partial charge in [0, 0.05) is 0 Å². The van der Waals surface area contributed by atoms with Crippen LogP contribution < -0.4 is 0 Å². The quantitative estimate of drug-likeness (QED) is 0.709. The maximum absolute atomic E-state index is 11.5. The maximum atomic E-state index is 11.5. The Bertz CT molecular complexity index is 446. The molecule has 1 rings (SSSR count). The number of sulfone groups is 1. The minimum absolute atomic E-state index is 0.246. The third-order valence-corrected chi connectivity index (χ3v) is 3.66. The zero-order valence-corrected chi connectivity index (χ0v) is 8.97. The van der Waals surface area contributed by atoms with Crippen molar-refractivity contribution in [3.8, 4) is 0 Å². The molecule has 14 heavy (non-hydrogen) atoms. The first-order valence-electron chi connectivity index (χ1n) is 4.21. The van der Waals surface area contributed by atoms with Gasteiger partial charge in [0.1, 0.15) is 12.0 Å². The van der Waals surface area contributed by atoms with Crippen molar-refractivity contribution in [1.82, 2.24) is 0 Å². The fourth-order valence-electron chi connectivity index (χ4n) is 1.33. The number of hydrogen-bond acceptors (Lipinski definition) is 3. The molecule has 0 aliphatic heterocycles. The molecule has 0 aliphatic carbocycles. The van der Waals surface area contributed by atoms with Crippen molar-refractivity contribution in [1.29, 1.82) is 0 Å². The molecule has 0 radical (unpaired) electrons. The zero-order chi connectivity index (χ0) is 10.8. The van der Waals surface area contributed by atoms with Crippen LogP contribution in [0.2, 0.25) is 0 Å². The minimum Gasteiger partial charge on any atom is -0.302 e. The highest BCUT2D eigenvalue weighted by molar-refractivity contribution is 7.92. The summed E-state index contributed by atoms with van der Waals surface area (Å²) < 4.78 is 23.1. The summed E-state index contributed by atoms with van der Waals surface area (Å²) in [6, 6.07) is 5.06. The number of carbonyl (C=O) groups excluding carboxylic acids is 1. The number of aryl methyl sites for hydroxylation is 2. The second-order valence-corrected chi connectivity index (χ2v) is 5.22. The molecule has 0 saturated heterocycles. The molecule has 0 bridgehead atoms. The summed E-state index contributed by atoms with van der Waals surface area (Å²) in [5.74, 6) is -0.448. The number of aldehydes is 1. The Morgan fingerprint density at radius 1 is 1.29 bits per heavy atom. The van der Waals surface area contributed by atoms with Gasteiger partial charge in [0.25, 0.3) is 0 Å². The standard InChI is InChI=1S/C10H12O3S/c1-8-3-4-10(9(2)7-8)14(12,13)6-5-11/h3-5,7H,6H2,1-2H3. The van der Waals surface area contributed by atoms with Crippen LogP contribution in [0.15, 0.2) is 23.1 Å². The molecular weight excluding hydrogens is 200 g/mol. The molecule has 1 aromatic carbocycles. The normalized spacial score (nSPS) is 11.3. The molecule has 3 nitrogen and oxygen atoms in total. The molecule has 0 atom stereocenters. The SMILES string of the molecule is Cc1ccc(S(=O)(=O)CC=O)c(C)c1. The van der Waals surface area contributed by atoms with E-state index < -0.39 is 15.6 Å². The smallest absolute Gasteiger partial charge is 0.185 e. The zero-order valence-electron chi connectivity index (χ0n) is 8.15. The first kappa shape index (κ1) is 10.9. The van der Waals surface area contributed by atoms with Crippen LogP contribution in [0, 0.1) is 13.8 Å². The first-order chi connectivity index (χ1) is 6.47. The van der Waals surface area contributed by atoms with E-state index in [4.69, 9.17) is 0 Å². The lowest BCUT2D eigenvalue weighted by Crippen LogP contribution is -2.09. The number of rotatable bonds is 3. The molecule has 0 heterocycles.